The maximum absolute atomic E-state index is 15.0. The van der Waals surface area contributed by atoms with Crippen LogP contribution in [-0.2, 0) is 23.4 Å². The SMILES string of the molecule is CCOC(=O)/C=C(C)/C=C/[C@H](OC)[C@@H](OC(=O)Nc1ccc(F)cc1F)c1ccc(OCCO[Si](CCC(F)(F)C(F)(F)C(F)(F)C(F)(F)C(F)(F)C(F)(F)C(F)(F)C(F)(F)F)(C(C)C)C(C)C)cc1. The van der Waals surface area contributed by atoms with Gasteiger partial charge in [-0.15, -0.1) is 0 Å². The molecule has 2 aromatic rings. The summed E-state index contributed by atoms with van der Waals surface area (Å²) < 4.78 is 291. The smallest absolute Gasteiger partial charge is 0.460 e. The van der Waals surface area contributed by atoms with E-state index < -0.39 is 134 Å². The zero-order valence-electron chi connectivity index (χ0n) is 37.7. The molecule has 0 unspecified atom stereocenters. The van der Waals surface area contributed by atoms with E-state index in [1.54, 1.807) is 6.92 Å². The summed E-state index contributed by atoms with van der Waals surface area (Å²) in [4.78, 5) is 24.8. The lowest BCUT2D eigenvalue weighted by atomic mass is 9.88. The van der Waals surface area contributed by atoms with Gasteiger partial charge in [0.1, 0.15) is 30.1 Å². The predicted octanol–water partition coefficient (Wildman–Crippen LogP) is 13.9. The number of allylic oxidation sites excluding steroid dienone is 2. The molecule has 0 aliphatic rings. The molecule has 1 amide bonds. The number of benzene rings is 2. The van der Waals surface area contributed by atoms with Crippen LogP contribution in [0.2, 0.25) is 17.1 Å². The van der Waals surface area contributed by atoms with Crippen LogP contribution in [0.1, 0.15) is 59.6 Å². The van der Waals surface area contributed by atoms with Crippen LogP contribution in [0.4, 0.5) is 93.9 Å². The molecule has 0 heterocycles. The first kappa shape index (κ1) is 61.4. The van der Waals surface area contributed by atoms with E-state index in [-0.39, 0.29) is 17.9 Å². The van der Waals surface area contributed by atoms with E-state index in [0.29, 0.717) is 11.6 Å². The molecule has 0 aromatic heterocycles. The summed E-state index contributed by atoms with van der Waals surface area (Å²) in [5, 5.41) is 2.11. The maximum atomic E-state index is 15.0. The van der Waals surface area contributed by atoms with Crippen molar-refractivity contribution in [1.82, 2.24) is 0 Å². The normalized spacial score (nSPS) is 15.1. The Hall–Kier alpha value is -4.73. The van der Waals surface area contributed by atoms with E-state index >= 15 is 8.78 Å². The summed E-state index contributed by atoms with van der Waals surface area (Å²) in [5.74, 6) is -59.8. The van der Waals surface area contributed by atoms with Crippen molar-refractivity contribution >= 4 is 26.1 Å². The number of carbonyl (C=O) groups excluding carboxylic acids is 2. The topological polar surface area (TPSA) is 92.3 Å². The first-order chi connectivity index (χ1) is 31.8. The van der Waals surface area contributed by atoms with E-state index in [1.165, 1.54) is 78.1 Å². The van der Waals surface area contributed by atoms with Crippen molar-refractivity contribution in [3.8, 4) is 5.75 Å². The molecule has 2 rings (SSSR count). The van der Waals surface area contributed by atoms with Gasteiger partial charge in [-0.1, -0.05) is 52.0 Å². The van der Waals surface area contributed by atoms with E-state index in [4.69, 9.17) is 23.4 Å². The van der Waals surface area contributed by atoms with E-state index in [0.717, 1.165) is 18.2 Å². The summed E-state index contributed by atoms with van der Waals surface area (Å²) in [6.07, 6.45) is -10.3. The lowest BCUT2D eigenvalue weighted by Gasteiger charge is -2.44. The molecule has 28 heteroatoms. The van der Waals surface area contributed by atoms with Gasteiger partial charge in [-0.05, 0) is 66.4 Å². The van der Waals surface area contributed by atoms with Crippen molar-refractivity contribution in [1.29, 1.82) is 0 Å². The molecule has 0 bridgehead atoms. The second-order valence-electron chi connectivity index (χ2n) is 16.0. The molecule has 398 valence electrons. The fourth-order valence-corrected chi connectivity index (χ4v) is 11.1. The molecule has 2 atom stereocenters. The number of amides is 1. The second kappa shape index (κ2) is 22.8. The van der Waals surface area contributed by atoms with E-state index in [1.807, 2.05) is 0 Å². The second-order valence-corrected chi connectivity index (χ2v) is 21.0. The molecule has 0 saturated carbocycles. The monoisotopic (exact) mass is 1070 g/mol. The standard InChI is InChI=1S/C42H46F19NO7Si/c1-8-66-32(63)21-25(6)9-16-31(65-7)33(69-34(64)62-30-15-12-27(43)22-29(30)44)26-10-13-28(14-11-26)67-18-19-68-70(23(2)3,24(4)5)20-17-35(45,46)36(47,48)37(49,50)38(51,52)39(53,54)40(55,56)41(57,58)42(59,60)61/h9-16,21-24,31,33H,8,17-20H2,1-7H3,(H,62,64)/b16-9+,25-21+/t31-,33-/m0/s1. The van der Waals surface area contributed by atoms with E-state index in [2.05, 4.69) is 5.32 Å². The minimum Gasteiger partial charge on any atom is -0.491 e. The van der Waals surface area contributed by atoms with Crippen molar-refractivity contribution in [3.63, 3.8) is 0 Å². The number of ether oxygens (including phenoxy) is 4. The summed E-state index contributed by atoms with van der Waals surface area (Å²) >= 11 is 0. The van der Waals surface area contributed by atoms with Gasteiger partial charge in [0, 0.05) is 25.7 Å². The van der Waals surface area contributed by atoms with Gasteiger partial charge < -0.3 is 23.4 Å². The van der Waals surface area contributed by atoms with Gasteiger partial charge in [0.25, 0.3) is 0 Å². The van der Waals surface area contributed by atoms with Crippen LogP contribution in [0.25, 0.3) is 0 Å². The van der Waals surface area contributed by atoms with Crippen molar-refractivity contribution in [2.75, 3.05) is 32.2 Å². The third-order valence-electron chi connectivity index (χ3n) is 10.7. The predicted molar refractivity (Wildman–Crippen MR) is 213 cm³/mol. The van der Waals surface area contributed by atoms with Crippen LogP contribution in [0.5, 0.6) is 5.75 Å². The highest BCUT2D eigenvalue weighted by Gasteiger charge is 2.95. The van der Waals surface area contributed by atoms with E-state index in [9.17, 15) is 84.2 Å². The van der Waals surface area contributed by atoms with Crippen molar-refractivity contribution in [3.05, 3.63) is 83.5 Å². The molecular formula is C42H46F19NO7Si. The van der Waals surface area contributed by atoms with Gasteiger partial charge in [0.15, 0.2) is 14.4 Å². The average molecular weight is 1070 g/mol. The summed E-state index contributed by atoms with van der Waals surface area (Å²) in [6, 6.07) is 6.09. The van der Waals surface area contributed by atoms with Crippen LogP contribution in [0.15, 0.2) is 66.3 Å². The highest BCUT2D eigenvalue weighted by molar-refractivity contribution is 6.76. The molecule has 0 fully saturated rings. The minimum absolute atomic E-state index is 0.00716. The number of esters is 1. The first-order valence-electron chi connectivity index (χ1n) is 20.3. The van der Waals surface area contributed by atoms with Gasteiger partial charge >= 0.3 is 59.7 Å². The quantitative estimate of drug-likeness (QED) is 0.0264. The number of methoxy groups -OCH3 is 1. The Kier molecular flexibility index (Phi) is 20.0. The molecule has 0 spiro atoms. The van der Waals surface area contributed by atoms with Crippen LogP contribution in [-0.4, -0.2) is 101 Å². The average Bonchev–Trinajstić information content (AvgIpc) is 3.23. The number of alkyl halides is 17. The Morgan fingerprint density at radius 3 is 1.70 bits per heavy atom. The highest BCUT2D eigenvalue weighted by Crippen LogP contribution is 2.64. The fraction of sp³-hybridized carbons (Fsp3) is 0.571. The number of anilines is 1. The Morgan fingerprint density at radius 2 is 1.23 bits per heavy atom. The Labute approximate surface area is 388 Å². The zero-order chi connectivity index (χ0) is 54.3. The summed E-state index contributed by atoms with van der Waals surface area (Å²) in [5.41, 5.74) is -1.81. The molecular weight excluding hydrogens is 1020 g/mol. The van der Waals surface area contributed by atoms with Crippen LogP contribution in [0, 0.1) is 11.6 Å². The Balaban J connectivity index is 2.37. The molecule has 0 aliphatic carbocycles. The zero-order valence-corrected chi connectivity index (χ0v) is 38.7. The minimum atomic E-state index is -8.73. The number of hydrogen-bond acceptors (Lipinski definition) is 7. The number of halogens is 19. The first-order valence-corrected chi connectivity index (χ1v) is 22.6. The molecule has 1 N–H and O–H groups in total. The molecule has 8 nitrogen and oxygen atoms in total. The van der Waals surface area contributed by atoms with Gasteiger partial charge in [-0.2, -0.15) is 74.6 Å². The lowest BCUT2D eigenvalue weighted by Crippen LogP contribution is -2.74. The van der Waals surface area contributed by atoms with Gasteiger partial charge in [0.2, 0.25) is 0 Å². The van der Waals surface area contributed by atoms with Crippen LogP contribution < -0.4 is 10.1 Å². The van der Waals surface area contributed by atoms with Crippen LogP contribution >= 0.6 is 0 Å². The summed E-state index contributed by atoms with van der Waals surface area (Å²) in [7, 11) is -2.87. The van der Waals surface area contributed by atoms with Crippen molar-refractivity contribution < 1.29 is 116 Å². The fourth-order valence-electron chi connectivity index (χ4n) is 6.64. The van der Waals surface area contributed by atoms with Gasteiger partial charge in [-0.3, -0.25) is 5.32 Å². The maximum Gasteiger partial charge on any atom is 0.460 e. The molecule has 2 aromatic carbocycles. The molecule has 0 aliphatic heterocycles. The molecule has 0 radical (unpaired) electrons. The highest BCUT2D eigenvalue weighted by atomic mass is 28.4. The number of hydrogen-bond donors (Lipinski definition) is 1. The Bertz CT molecular complexity index is 2120. The Morgan fingerprint density at radius 1 is 0.714 bits per heavy atom. The third-order valence-corrected chi connectivity index (χ3v) is 16.3. The van der Waals surface area contributed by atoms with Crippen LogP contribution in [0.3, 0.4) is 0 Å². The number of nitrogens with one attached hydrogen (secondary N) is 1. The third kappa shape index (κ3) is 12.8. The van der Waals surface area contributed by atoms with Gasteiger partial charge in [0.05, 0.1) is 18.9 Å². The van der Waals surface area contributed by atoms with Gasteiger partial charge in [-0.25, -0.2) is 18.4 Å². The molecule has 70 heavy (non-hydrogen) atoms. The summed E-state index contributed by atoms with van der Waals surface area (Å²) in [6.45, 7) is 7.20. The lowest BCUT2D eigenvalue weighted by molar-refractivity contribution is -0.461. The largest absolute Gasteiger partial charge is 0.491 e. The number of rotatable bonds is 25. The number of carbonyl (C=O) groups is 2. The molecule has 0 saturated heterocycles. The van der Waals surface area contributed by atoms with Crippen molar-refractivity contribution in [2.45, 2.75) is 125 Å². The van der Waals surface area contributed by atoms with Crippen molar-refractivity contribution in [2.24, 2.45) is 0 Å².